The summed E-state index contributed by atoms with van der Waals surface area (Å²) in [5, 5.41) is 14.1. The van der Waals surface area contributed by atoms with E-state index in [9.17, 15) is 4.79 Å². The normalized spacial score (nSPS) is 17.0. The fourth-order valence-corrected chi connectivity index (χ4v) is 1.37. The number of hydrogen-bond acceptors (Lipinski definition) is 3. The highest BCUT2D eigenvalue weighted by Gasteiger charge is 2.22. The Morgan fingerprint density at radius 3 is 2.73 bits per heavy atom. The fraction of sp³-hybridized carbons (Fsp3) is 0.778. The number of carbonyl (C=O) groups excluding carboxylic acids is 1. The molecule has 0 aliphatic heterocycles. The molecule has 0 aromatic heterocycles. The lowest BCUT2D eigenvalue weighted by Gasteiger charge is -2.29. The largest absolute Gasteiger partial charge is 0.409 e. The van der Waals surface area contributed by atoms with E-state index in [2.05, 4.69) is 10.5 Å². The van der Waals surface area contributed by atoms with Gasteiger partial charge in [-0.15, -0.1) is 0 Å². The number of amides is 2. The van der Waals surface area contributed by atoms with Crippen LogP contribution in [0.4, 0.5) is 4.79 Å². The molecule has 86 valence electrons. The maximum absolute atomic E-state index is 11.7. The van der Waals surface area contributed by atoms with Crippen molar-refractivity contribution in [1.29, 1.82) is 0 Å². The van der Waals surface area contributed by atoms with Gasteiger partial charge in [-0.1, -0.05) is 5.16 Å². The second-order valence-corrected chi connectivity index (χ2v) is 3.68. The van der Waals surface area contributed by atoms with Crippen molar-refractivity contribution in [3.63, 3.8) is 0 Å². The second-order valence-electron chi connectivity index (χ2n) is 3.68. The number of amidine groups is 1. The number of urea groups is 1. The Morgan fingerprint density at radius 2 is 2.33 bits per heavy atom. The molecule has 1 rings (SSSR count). The molecule has 0 bridgehead atoms. The molecule has 2 amide bonds. The average molecular weight is 214 g/mol. The van der Waals surface area contributed by atoms with E-state index in [0.717, 1.165) is 12.8 Å². The number of rotatable bonds is 4. The summed E-state index contributed by atoms with van der Waals surface area (Å²) in [6, 6.07) is 0.160. The first-order valence-corrected chi connectivity index (χ1v) is 5.19. The van der Waals surface area contributed by atoms with Gasteiger partial charge in [0.2, 0.25) is 0 Å². The van der Waals surface area contributed by atoms with Gasteiger partial charge < -0.3 is 21.2 Å². The Hall–Kier alpha value is -1.46. The van der Waals surface area contributed by atoms with E-state index in [-0.39, 0.29) is 18.4 Å². The van der Waals surface area contributed by atoms with Gasteiger partial charge in [-0.3, -0.25) is 0 Å². The first-order chi connectivity index (χ1) is 7.17. The molecule has 0 aromatic carbocycles. The van der Waals surface area contributed by atoms with E-state index in [1.165, 1.54) is 11.3 Å². The standard InChI is InChI=1S/C9H18N4O2/c1-2-13(6-8(10)12-15)9(14)11-7-4-3-5-7/h7,15H,2-6H2,1H3,(H2,10,12)(H,11,14). The topological polar surface area (TPSA) is 90.9 Å². The molecule has 1 fully saturated rings. The van der Waals surface area contributed by atoms with Crippen LogP contribution in [0.2, 0.25) is 0 Å². The molecule has 0 radical (unpaired) electrons. The molecular weight excluding hydrogens is 196 g/mol. The van der Waals surface area contributed by atoms with Crippen LogP contribution in [0.5, 0.6) is 0 Å². The maximum atomic E-state index is 11.7. The summed E-state index contributed by atoms with van der Waals surface area (Å²) in [5.74, 6) is 0.0422. The third-order valence-electron chi connectivity index (χ3n) is 2.58. The molecule has 0 unspecified atom stereocenters. The molecule has 6 nitrogen and oxygen atoms in total. The number of hydrogen-bond donors (Lipinski definition) is 3. The zero-order chi connectivity index (χ0) is 11.3. The quantitative estimate of drug-likeness (QED) is 0.272. The number of oxime groups is 1. The van der Waals surface area contributed by atoms with Gasteiger partial charge in [-0.05, 0) is 26.2 Å². The van der Waals surface area contributed by atoms with Gasteiger partial charge in [0.1, 0.15) is 0 Å². The summed E-state index contributed by atoms with van der Waals surface area (Å²) >= 11 is 0. The Kier molecular flexibility index (Phi) is 4.20. The first-order valence-electron chi connectivity index (χ1n) is 5.19. The van der Waals surface area contributed by atoms with Gasteiger partial charge in [-0.2, -0.15) is 0 Å². The van der Waals surface area contributed by atoms with Crippen LogP contribution in [0.1, 0.15) is 26.2 Å². The van der Waals surface area contributed by atoms with Crippen LogP contribution < -0.4 is 11.1 Å². The van der Waals surface area contributed by atoms with Crippen LogP contribution in [0.25, 0.3) is 0 Å². The fourth-order valence-electron chi connectivity index (χ4n) is 1.37. The minimum Gasteiger partial charge on any atom is -0.409 e. The predicted octanol–water partition coefficient (Wildman–Crippen LogP) is 0.317. The lowest BCUT2D eigenvalue weighted by molar-refractivity contribution is 0.194. The monoisotopic (exact) mass is 214 g/mol. The number of nitrogens with zero attached hydrogens (tertiary/aromatic N) is 2. The summed E-state index contributed by atoms with van der Waals surface area (Å²) < 4.78 is 0. The van der Waals surface area contributed by atoms with Crippen molar-refractivity contribution in [1.82, 2.24) is 10.2 Å². The summed E-state index contributed by atoms with van der Waals surface area (Å²) in [6.45, 7) is 2.55. The van der Waals surface area contributed by atoms with E-state index >= 15 is 0 Å². The molecule has 0 saturated heterocycles. The second kappa shape index (κ2) is 5.43. The Labute approximate surface area is 89.1 Å². The van der Waals surface area contributed by atoms with Crippen molar-refractivity contribution in [2.45, 2.75) is 32.2 Å². The van der Waals surface area contributed by atoms with Crippen LogP contribution in [0.15, 0.2) is 5.16 Å². The lowest BCUT2D eigenvalue weighted by atomic mass is 9.93. The minimum atomic E-state index is -0.145. The van der Waals surface area contributed by atoms with Crippen LogP contribution in [-0.2, 0) is 0 Å². The molecule has 6 heteroatoms. The third-order valence-corrected chi connectivity index (χ3v) is 2.58. The van der Waals surface area contributed by atoms with Gasteiger partial charge in [0, 0.05) is 12.6 Å². The van der Waals surface area contributed by atoms with Gasteiger partial charge in [0.15, 0.2) is 5.84 Å². The number of carbonyl (C=O) groups is 1. The molecule has 0 heterocycles. The van der Waals surface area contributed by atoms with Crippen molar-refractivity contribution >= 4 is 11.9 Å². The third kappa shape index (κ3) is 3.30. The molecule has 0 atom stereocenters. The molecule has 15 heavy (non-hydrogen) atoms. The van der Waals surface area contributed by atoms with E-state index in [0.29, 0.717) is 12.6 Å². The first kappa shape index (κ1) is 11.6. The smallest absolute Gasteiger partial charge is 0.318 e. The molecule has 1 aliphatic carbocycles. The highest BCUT2D eigenvalue weighted by molar-refractivity contribution is 5.86. The van der Waals surface area contributed by atoms with Crippen LogP contribution in [0.3, 0.4) is 0 Å². The number of likely N-dealkylation sites (N-methyl/N-ethyl adjacent to an activating group) is 1. The predicted molar refractivity (Wildman–Crippen MR) is 56.8 cm³/mol. The van der Waals surface area contributed by atoms with E-state index in [1.807, 2.05) is 6.92 Å². The van der Waals surface area contributed by atoms with Crippen molar-refractivity contribution in [2.24, 2.45) is 10.9 Å². The maximum Gasteiger partial charge on any atom is 0.318 e. The average Bonchev–Trinajstić information content (AvgIpc) is 2.19. The highest BCUT2D eigenvalue weighted by atomic mass is 16.4. The Morgan fingerprint density at radius 1 is 1.67 bits per heavy atom. The van der Waals surface area contributed by atoms with Crippen molar-refractivity contribution in [2.75, 3.05) is 13.1 Å². The molecular formula is C9H18N4O2. The lowest BCUT2D eigenvalue weighted by Crippen LogP contribution is -2.49. The zero-order valence-corrected chi connectivity index (χ0v) is 8.94. The Balaban J connectivity index is 2.38. The minimum absolute atomic E-state index is 0.0422. The van der Waals surface area contributed by atoms with E-state index in [4.69, 9.17) is 10.9 Å². The molecule has 1 saturated carbocycles. The van der Waals surface area contributed by atoms with Crippen LogP contribution >= 0.6 is 0 Å². The number of nitrogens with two attached hydrogens (primary N) is 1. The number of nitrogens with one attached hydrogen (secondary N) is 1. The van der Waals surface area contributed by atoms with Crippen molar-refractivity contribution in [3.05, 3.63) is 0 Å². The van der Waals surface area contributed by atoms with Gasteiger partial charge in [-0.25, -0.2) is 4.79 Å². The van der Waals surface area contributed by atoms with Crippen LogP contribution in [-0.4, -0.2) is 41.1 Å². The van der Waals surface area contributed by atoms with E-state index in [1.54, 1.807) is 0 Å². The molecule has 0 aromatic rings. The van der Waals surface area contributed by atoms with Gasteiger partial charge in [0.25, 0.3) is 0 Å². The molecule has 1 aliphatic rings. The van der Waals surface area contributed by atoms with Gasteiger partial charge >= 0.3 is 6.03 Å². The SMILES string of the molecule is CCN(CC(N)=NO)C(=O)NC1CCC1. The summed E-state index contributed by atoms with van der Waals surface area (Å²) in [7, 11) is 0. The highest BCUT2D eigenvalue weighted by Crippen LogP contribution is 2.18. The molecule has 4 N–H and O–H groups in total. The summed E-state index contributed by atoms with van der Waals surface area (Å²) in [5.41, 5.74) is 5.34. The van der Waals surface area contributed by atoms with E-state index < -0.39 is 0 Å². The molecule has 0 spiro atoms. The summed E-state index contributed by atoms with van der Waals surface area (Å²) in [4.78, 5) is 13.2. The Bertz CT molecular complexity index is 250. The van der Waals surface area contributed by atoms with Gasteiger partial charge in [0.05, 0.1) is 6.54 Å². The zero-order valence-electron chi connectivity index (χ0n) is 8.94. The van der Waals surface area contributed by atoms with Crippen molar-refractivity contribution in [3.8, 4) is 0 Å². The summed E-state index contributed by atoms with van der Waals surface area (Å²) in [6.07, 6.45) is 3.27. The van der Waals surface area contributed by atoms with Crippen molar-refractivity contribution < 1.29 is 10.0 Å². The van der Waals surface area contributed by atoms with Crippen LogP contribution in [0, 0.1) is 0 Å².